The van der Waals surface area contributed by atoms with Crippen LogP contribution in [0.5, 0.6) is 0 Å². The van der Waals surface area contributed by atoms with Crippen LogP contribution in [0.1, 0.15) is 113 Å². The van der Waals surface area contributed by atoms with Gasteiger partial charge in [0.1, 0.15) is 25.5 Å². The Morgan fingerprint density at radius 1 is 0.644 bits per heavy atom. The quantitative estimate of drug-likeness (QED) is 0.185. The van der Waals surface area contributed by atoms with Gasteiger partial charge in [-0.3, -0.25) is 24.3 Å². The van der Waals surface area contributed by atoms with Gasteiger partial charge in [-0.05, 0) is 131 Å². The summed E-state index contributed by atoms with van der Waals surface area (Å²) >= 11 is 1.80. The molecule has 7 aliphatic heterocycles. The smallest absolute Gasteiger partial charge is 0.373 e. The summed E-state index contributed by atoms with van der Waals surface area (Å²) in [6.45, 7) is 12.0. The monoisotopic (exact) mass is 1820 g/mol. The molecule has 1 amide bonds. The van der Waals surface area contributed by atoms with E-state index in [1.807, 2.05) is 19.1 Å². The topological polar surface area (TPSA) is 177 Å². The number of nitrogens with zero attached hydrogens (tertiary/aromatic N) is 7. The predicted octanol–water partition coefficient (Wildman–Crippen LogP) is 4.68. The number of rotatable bonds is 3. The molecule has 6 atom stereocenters. The van der Waals surface area contributed by atoms with Crippen LogP contribution in [0.3, 0.4) is 0 Å². The third-order valence-electron chi connectivity index (χ3n) is 16.7. The molecular weight excluding hydrogens is 1750 g/mol. The van der Waals surface area contributed by atoms with Crippen LogP contribution in [0.4, 0.5) is 11.4 Å². The minimum Gasteiger partial charge on any atom is -1.00 e. The number of Topliss-reactive ketones (excluding diaryl/α,β-unsaturated/α-hetero) is 1. The fourth-order valence-electron chi connectivity index (χ4n) is 13.6. The van der Waals surface area contributed by atoms with Gasteiger partial charge in [0.05, 0.1) is 44.1 Å². The Morgan fingerprint density at radius 3 is 1.69 bits per heavy atom. The maximum Gasteiger partial charge on any atom is 0.373 e. The van der Waals surface area contributed by atoms with Gasteiger partial charge in [-0.1, -0.05) is 44.2 Å². The van der Waals surface area contributed by atoms with E-state index in [4.69, 9.17) is 24.2 Å². The number of amides is 1. The fraction of sp³-hybridized carbons (Fsp3) is 0.483. The number of anilines is 2. The van der Waals surface area contributed by atoms with E-state index in [-0.39, 0.29) is 332 Å². The Kier molecular flexibility index (Phi) is 60.2. The summed E-state index contributed by atoms with van der Waals surface area (Å²) in [6, 6.07) is 29.0. The zero-order valence-corrected chi connectivity index (χ0v) is 73.6. The van der Waals surface area contributed by atoms with Crippen molar-refractivity contribution in [2.24, 2.45) is 10.8 Å². The van der Waals surface area contributed by atoms with Crippen molar-refractivity contribution in [3.8, 4) is 10.6 Å². The van der Waals surface area contributed by atoms with Crippen LogP contribution >= 0.6 is 11.3 Å². The number of hydrogen-bond donors (Lipinski definition) is 2. The number of halogens is 1. The van der Waals surface area contributed by atoms with E-state index in [1.165, 1.54) is 73.6 Å². The number of carbonyl (C=O) groups is 2. The number of carbonyl (C=O) groups excluding carboxylic acids is 6. The third-order valence-corrected chi connectivity index (χ3v) is 17.8. The number of para-hydroxylation sites is 2. The first-order valence-corrected chi connectivity index (χ1v) is 26.7. The van der Waals surface area contributed by atoms with Crippen LogP contribution < -0.4 is 32.1 Å². The van der Waals surface area contributed by atoms with Crippen molar-refractivity contribution in [3.05, 3.63) is 107 Å². The summed E-state index contributed by atoms with van der Waals surface area (Å²) in [5.74, 6) is -0.0145. The van der Waals surface area contributed by atoms with Crippen LogP contribution in [0.25, 0.3) is 31.7 Å². The molecule has 2 N–H and O–H groups in total. The largest absolute Gasteiger partial charge is 1.00 e. The SMILES string of the molecule is CC[C@@]12CCCN3CCC(=O)c4ccccc4N(C(=O)[C@@H]31)[C@@](C)(O)C2.CC[C@]12CCCN3CCc4c(n(c5ccccc45)[C@](C)(O)C1)[C@@H]32.CN(C)c1ccc2nc3ccc(=[N+](C)C)cc-3sc2c1.O=C=O.O=C=O.[Cl-].[V].[V].[V].[V].[V].[V].[V].[V].[V].[V].[V].[V].[V].[V].[V]. The summed E-state index contributed by atoms with van der Waals surface area (Å²) < 4.78 is 5.62. The summed E-state index contributed by atoms with van der Waals surface area (Å²) in [7, 11) is 8.24. The predicted molar refractivity (Wildman–Crippen MR) is 286 cm³/mol. The van der Waals surface area contributed by atoms with Crippen molar-refractivity contribution in [1.82, 2.24) is 23.9 Å². The second-order valence-corrected chi connectivity index (χ2v) is 22.7. The number of piperidine rings is 3. The van der Waals surface area contributed by atoms with Crippen LogP contribution in [0, 0.1) is 10.8 Å². The third kappa shape index (κ3) is 23.4. The van der Waals surface area contributed by atoms with E-state index in [1.54, 1.807) is 30.4 Å². The van der Waals surface area contributed by atoms with E-state index >= 15 is 0 Å². The van der Waals surface area contributed by atoms with Gasteiger partial charge in [-0.2, -0.15) is 19.2 Å². The van der Waals surface area contributed by atoms with Gasteiger partial charge in [-0.25, -0.2) is 9.56 Å². The minimum absolute atomic E-state index is 0. The fourth-order valence-corrected chi connectivity index (χ4v) is 14.7. The van der Waals surface area contributed by atoms with Gasteiger partial charge in [-0.15, -0.1) is 11.3 Å². The molecule has 473 valence electrons. The molecule has 2 bridgehead atoms. The molecule has 15 radical (unpaired) electrons. The van der Waals surface area contributed by atoms with Gasteiger partial charge in [0.15, 0.2) is 5.78 Å². The van der Waals surface area contributed by atoms with E-state index in [9.17, 15) is 19.8 Å². The number of aromatic nitrogens is 2. The molecule has 3 saturated heterocycles. The van der Waals surface area contributed by atoms with Crippen LogP contribution in [0.2, 0.25) is 0 Å². The Bertz CT molecular complexity index is 3240. The molecule has 32 heteroatoms. The second kappa shape index (κ2) is 48.6. The number of aliphatic hydroxyl groups is 2. The molecule has 3 aromatic carbocycles. The van der Waals surface area contributed by atoms with Crippen molar-refractivity contribution >= 4 is 67.8 Å². The van der Waals surface area contributed by atoms with Gasteiger partial charge < -0.3 is 32.1 Å². The average molecular weight is 1820 g/mol. The van der Waals surface area contributed by atoms with E-state index in [2.05, 4.69) is 127 Å². The molecule has 3 fully saturated rings. The zero-order valence-electron chi connectivity index (χ0n) is 51.1. The van der Waals surface area contributed by atoms with Crippen molar-refractivity contribution in [2.75, 3.05) is 64.2 Å². The summed E-state index contributed by atoms with van der Waals surface area (Å²) in [6.07, 6.45) is 9.97. The minimum atomic E-state index is -1.28. The van der Waals surface area contributed by atoms with E-state index < -0.39 is 11.4 Å². The molecule has 12 rings (SSSR count). The molecule has 8 heterocycles. The van der Waals surface area contributed by atoms with Crippen molar-refractivity contribution < 1.29 is 330 Å². The molecule has 15 nitrogen and oxygen atoms in total. The number of benzene rings is 4. The van der Waals surface area contributed by atoms with Crippen molar-refractivity contribution in [1.29, 1.82) is 0 Å². The van der Waals surface area contributed by atoms with E-state index in [0.717, 1.165) is 56.3 Å². The standard InChI is InChI=1S/C20H26N2O3.C20H26N2O.C16H18N3S.2CO2.ClH.15V/c1-3-20-10-6-11-21-12-9-16(23)14-7-4-5-8-15(14)22(18(24)17(20)21)19(2,25)13-20;1-3-20-10-6-11-21-12-9-15-14-7-4-5-8-16(14)22(17(15)18(20)21)19(2,23)13-20;1-18(2)11-5-7-13-15(9-11)20-16-10-12(19(3)4)6-8-14(16)17-13;2*2-1-3;;;;;;;;;;;;;;;;/h4-5,7-8,17,25H,3,6,9-13H2,1-2H3;4-5,7-8,18,23H,3,6,9-13H2,1-2H3;5-10H,1-4H3;;;1H;;;;;;;;;;;;;;;/q;;+1;;;;;;;;;;;;;;;;;;/p-1/t17-,19+,20+;18-,19-,20+;;;;;;;;;;;;;;;;;;;/m11.................../s1. The molecule has 4 aromatic rings. The number of hydrogen-bond acceptors (Lipinski definition) is 13. The Hall–Kier alpha value is 2.84. The first kappa shape index (κ1) is 111. The first-order valence-electron chi connectivity index (χ1n) is 25.9. The molecule has 0 saturated carbocycles. The van der Waals surface area contributed by atoms with Crippen molar-refractivity contribution in [3.63, 3.8) is 0 Å². The molecule has 1 aliphatic carbocycles. The van der Waals surface area contributed by atoms with Crippen LogP contribution in [-0.4, -0.2) is 120 Å². The van der Waals surface area contributed by atoms with Gasteiger partial charge >= 0.3 is 12.3 Å². The van der Waals surface area contributed by atoms with E-state index in [0.29, 0.717) is 36.7 Å². The van der Waals surface area contributed by atoms with Crippen molar-refractivity contribution in [2.45, 2.75) is 115 Å². The Morgan fingerprint density at radius 2 is 1.14 bits per heavy atom. The summed E-state index contributed by atoms with van der Waals surface area (Å²) in [5.41, 5.74) is 6.54. The molecule has 1 aromatic heterocycles. The summed E-state index contributed by atoms with van der Waals surface area (Å²) in [4.78, 5) is 73.4. The number of fused-ring (bicyclic) bond motifs is 8. The molecular formula is C58H70ClN7O8SV15. The molecule has 8 aliphatic rings. The van der Waals surface area contributed by atoms with Gasteiger partial charge in [0.25, 0.3) is 0 Å². The first-order chi connectivity index (χ1) is 35.3. The van der Waals surface area contributed by atoms with Gasteiger partial charge in [0.2, 0.25) is 11.3 Å². The maximum absolute atomic E-state index is 13.6. The normalized spacial score (nSPS) is 21.8. The second-order valence-electron chi connectivity index (χ2n) is 21.6. The molecule has 0 spiro atoms. The summed E-state index contributed by atoms with van der Waals surface area (Å²) in [5, 5.41) is 25.3. The Balaban J connectivity index is -0.000000138. The van der Waals surface area contributed by atoms with Crippen LogP contribution in [-0.2, 0) is 314 Å². The van der Waals surface area contributed by atoms with Gasteiger partial charge in [0, 0.05) is 359 Å². The average Bonchev–Trinajstić information content (AvgIpc) is 3.75. The maximum atomic E-state index is 13.6. The Labute approximate surface area is 719 Å². The number of ketones is 1. The molecule has 90 heavy (non-hydrogen) atoms. The van der Waals surface area contributed by atoms with Crippen LogP contribution in [0.15, 0.2) is 84.9 Å². The molecule has 0 unspecified atom stereocenters. The zero-order chi connectivity index (χ0) is 53.3.